The van der Waals surface area contributed by atoms with Gasteiger partial charge in [0, 0.05) is 25.2 Å². The fourth-order valence-electron chi connectivity index (χ4n) is 3.64. The van der Waals surface area contributed by atoms with Crippen molar-refractivity contribution in [1.29, 1.82) is 0 Å². The summed E-state index contributed by atoms with van der Waals surface area (Å²) in [5.41, 5.74) is 2.98. The number of nitrogens with one attached hydrogen (secondary N) is 1. The zero-order valence-electron chi connectivity index (χ0n) is 17.0. The molecule has 1 fully saturated rings. The number of imidazole rings is 1. The predicted molar refractivity (Wildman–Crippen MR) is 120 cm³/mol. The molecule has 0 atom stereocenters. The van der Waals surface area contributed by atoms with Gasteiger partial charge in [-0.3, -0.25) is 28.4 Å². The Morgan fingerprint density at radius 1 is 1.00 bits per heavy atom. The van der Waals surface area contributed by atoms with Gasteiger partial charge in [-0.15, -0.1) is 0 Å². The molecular formula is C22H22N4O4S. The average Bonchev–Trinajstić information content (AvgIpc) is 3.23. The average molecular weight is 439 g/mol. The third kappa shape index (κ3) is 4.27. The predicted octanol–water partition coefficient (Wildman–Crippen LogP) is 3.05. The van der Waals surface area contributed by atoms with Gasteiger partial charge in [-0.05, 0) is 36.8 Å². The van der Waals surface area contributed by atoms with E-state index in [1.54, 1.807) is 33.4 Å². The summed E-state index contributed by atoms with van der Waals surface area (Å²) in [5, 5.41) is 2.59. The van der Waals surface area contributed by atoms with Crippen molar-refractivity contribution in [1.82, 2.24) is 14.0 Å². The number of rotatable bonds is 7. The standard InChI is InChI=1S/C22H22N4O4S/c1-2-24-17-5-3-4-6-18(17)25(21(24)29)12-11-19(27)23-16-9-7-15(8-10-16)13-26-20(28)14-31-22(26)30/h3-10H,2,11-14H2,1H3,(H,23,27). The van der Waals surface area contributed by atoms with Gasteiger partial charge in [0.05, 0.1) is 23.3 Å². The first-order valence-electron chi connectivity index (χ1n) is 10.0. The maximum Gasteiger partial charge on any atom is 0.329 e. The molecule has 2 heterocycles. The van der Waals surface area contributed by atoms with Crippen LogP contribution in [0.2, 0.25) is 0 Å². The SMILES string of the molecule is CCn1c(=O)n(CCC(=O)Nc2ccc(CN3C(=O)CSC3=O)cc2)c2ccccc21. The number of nitrogens with zero attached hydrogens (tertiary/aromatic N) is 3. The molecule has 0 saturated carbocycles. The van der Waals surface area contributed by atoms with E-state index < -0.39 is 0 Å². The number of imide groups is 1. The summed E-state index contributed by atoms with van der Waals surface area (Å²) in [5.74, 6) is -0.200. The largest absolute Gasteiger partial charge is 0.329 e. The van der Waals surface area contributed by atoms with E-state index in [1.165, 1.54) is 4.90 Å². The van der Waals surface area contributed by atoms with Crippen LogP contribution >= 0.6 is 11.8 Å². The van der Waals surface area contributed by atoms with Crippen LogP contribution in [-0.4, -0.2) is 36.8 Å². The second kappa shape index (κ2) is 8.81. The summed E-state index contributed by atoms with van der Waals surface area (Å²) in [6.45, 7) is 3.00. The Morgan fingerprint density at radius 2 is 1.68 bits per heavy atom. The number of benzene rings is 2. The van der Waals surface area contributed by atoms with Crippen molar-refractivity contribution < 1.29 is 14.4 Å². The van der Waals surface area contributed by atoms with Gasteiger partial charge in [-0.25, -0.2) is 4.79 Å². The fraction of sp³-hybridized carbons (Fsp3) is 0.273. The summed E-state index contributed by atoms with van der Waals surface area (Å²) >= 11 is 1.01. The van der Waals surface area contributed by atoms with Gasteiger partial charge < -0.3 is 5.32 Å². The van der Waals surface area contributed by atoms with E-state index in [0.717, 1.165) is 28.4 Å². The van der Waals surface area contributed by atoms with Crippen molar-refractivity contribution in [3.8, 4) is 0 Å². The highest BCUT2D eigenvalue weighted by Crippen LogP contribution is 2.22. The Labute approximate surface area is 182 Å². The summed E-state index contributed by atoms with van der Waals surface area (Å²) in [7, 11) is 0. The van der Waals surface area contributed by atoms with Gasteiger partial charge in [-0.2, -0.15) is 0 Å². The number of carbonyl (C=O) groups excluding carboxylic acids is 3. The Kier molecular flexibility index (Phi) is 5.94. The Hall–Kier alpha value is -3.33. The molecule has 0 spiro atoms. The highest BCUT2D eigenvalue weighted by atomic mass is 32.2. The monoisotopic (exact) mass is 438 g/mol. The molecule has 0 unspecified atom stereocenters. The molecule has 0 aliphatic carbocycles. The van der Waals surface area contributed by atoms with Crippen molar-refractivity contribution >= 4 is 45.5 Å². The van der Waals surface area contributed by atoms with Crippen molar-refractivity contribution in [2.45, 2.75) is 33.0 Å². The molecule has 160 valence electrons. The number of para-hydroxylation sites is 2. The normalized spacial score (nSPS) is 13.9. The van der Waals surface area contributed by atoms with Gasteiger partial charge in [0.1, 0.15) is 0 Å². The van der Waals surface area contributed by atoms with E-state index in [9.17, 15) is 19.2 Å². The number of aromatic nitrogens is 2. The molecule has 1 aromatic heterocycles. The van der Waals surface area contributed by atoms with Crippen molar-refractivity contribution in [2.24, 2.45) is 0 Å². The lowest BCUT2D eigenvalue weighted by Gasteiger charge is -2.13. The summed E-state index contributed by atoms with van der Waals surface area (Å²) in [6, 6.07) is 14.6. The number of hydrogen-bond donors (Lipinski definition) is 1. The lowest BCUT2D eigenvalue weighted by atomic mass is 10.2. The molecule has 3 amide bonds. The van der Waals surface area contributed by atoms with Crippen LogP contribution in [0.15, 0.2) is 53.3 Å². The quantitative estimate of drug-likeness (QED) is 0.612. The first kappa shape index (κ1) is 20.9. The molecular weight excluding hydrogens is 416 g/mol. The minimum absolute atomic E-state index is 0.120. The lowest BCUT2D eigenvalue weighted by molar-refractivity contribution is -0.125. The topological polar surface area (TPSA) is 93.4 Å². The zero-order valence-corrected chi connectivity index (χ0v) is 17.9. The first-order valence-corrected chi connectivity index (χ1v) is 11.0. The van der Waals surface area contributed by atoms with Crippen LogP contribution in [0, 0.1) is 0 Å². The Morgan fingerprint density at radius 3 is 2.29 bits per heavy atom. The van der Waals surface area contributed by atoms with Crippen LogP contribution in [0.3, 0.4) is 0 Å². The van der Waals surface area contributed by atoms with Crippen molar-refractivity contribution in [3.63, 3.8) is 0 Å². The maximum absolute atomic E-state index is 12.7. The fourth-order valence-corrected chi connectivity index (χ4v) is 4.37. The molecule has 1 N–H and O–H groups in total. The molecule has 9 heteroatoms. The number of thioether (sulfide) groups is 1. The second-order valence-electron chi connectivity index (χ2n) is 7.20. The van der Waals surface area contributed by atoms with E-state index in [0.29, 0.717) is 12.2 Å². The summed E-state index contributed by atoms with van der Waals surface area (Å²) in [4.78, 5) is 49.7. The Bertz CT molecular complexity index is 1200. The Balaban J connectivity index is 1.38. The minimum Gasteiger partial charge on any atom is -0.326 e. The van der Waals surface area contributed by atoms with Crippen molar-refractivity contribution in [2.75, 3.05) is 11.1 Å². The summed E-state index contributed by atoms with van der Waals surface area (Å²) < 4.78 is 3.32. The highest BCUT2D eigenvalue weighted by Gasteiger charge is 2.29. The number of fused-ring (bicyclic) bond motifs is 1. The molecule has 4 rings (SSSR count). The number of hydrogen-bond acceptors (Lipinski definition) is 5. The smallest absolute Gasteiger partial charge is 0.326 e. The third-order valence-electron chi connectivity index (χ3n) is 5.22. The highest BCUT2D eigenvalue weighted by molar-refractivity contribution is 8.14. The zero-order chi connectivity index (χ0) is 22.0. The van der Waals surface area contributed by atoms with E-state index >= 15 is 0 Å². The molecule has 8 nitrogen and oxygen atoms in total. The van der Waals surface area contributed by atoms with Crippen LogP contribution in [0.25, 0.3) is 11.0 Å². The number of carbonyl (C=O) groups is 3. The molecule has 1 saturated heterocycles. The molecule has 1 aliphatic rings. The maximum atomic E-state index is 12.7. The van der Waals surface area contributed by atoms with Gasteiger partial charge in [-0.1, -0.05) is 36.0 Å². The molecule has 31 heavy (non-hydrogen) atoms. The van der Waals surface area contributed by atoms with E-state index in [4.69, 9.17) is 0 Å². The molecule has 0 bridgehead atoms. The molecule has 2 aromatic carbocycles. The number of aryl methyl sites for hydroxylation is 2. The van der Waals surface area contributed by atoms with E-state index in [2.05, 4.69) is 5.32 Å². The molecule has 0 radical (unpaired) electrons. The lowest BCUT2D eigenvalue weighted by Crippen LogP contribution is -2.27. The van der Waals surface area contributed by atoms with E-state index in [-0.39, 0.29) is 48.0 Å². The summed E-state index contributed by atoms with van der Waals surface area (Å²) in [6.07, 6.45) is 0.160. The first-order chi connectivity index (χ1) is 15.0. The van der Waals surface area contributed by atoms with Crippen LogP contribution in [0.1, 0.15) is 18.9 Å². The van der Waals surface area contributed by atoms with Crippen LogP contribution in [0.5, 0.6) is 0 Å². The third-order valence-corrected chi connectivity index (χ3v) is 6.08. The second-order valence-corrected chi connectivity index (χ2v) is 8.12. The number of amides is 3. The van der Waals surface area contributed by atoms with Crippen molar-refractivity contribution in [3.05, 3.63) is 64.6 Å². The number of anilines is 1. The van der Waals surface area contributed by atoms with E-state index in [1.807, 2.05) is 31.2 Å². The molecule has 3 aromatic rings. The van der Waals surface area contributed by atoms with Crippen LogP contribution < -0.4 is 11.0 Å². The minimum atomic E-state index is -0.234. The van der Waals surface area contributed by atoms with Crippen LogP contribution in [0.4, 0.5) is 10.5 Å². The van der Waals surface area contributed by atoms with Gasteiger partial charge in [0.25, 0.3) is 5.24 Å². The van der Waals surface area contributed by atoms with Gasteiger partial charge >= 0.3 is 5.69 Å². The van der Waals surface area contributed by atoms with Gasteiger partial charge in [0.15, 0.2) is 0 Å². The molecule has 1 aliphatic heterocycles. The van der Waals surface area contributed by atoms with Gasteiger partial charge in [0.2, 0.25) is 11.8 Å². The van der Waals surface area contributed by atoms with Crippen LogP contribution in [-0.2, 0) is 29.2 Å².